The molecule has 6 heteroatoms. The molecular weight excluding hydrogens is 216 g/mol. The minimum absolute atomic E-state index is 0.00796. The van der Waals surface area contributed by atoms with Gasteiger partial charge in [0.2, 0.25) is 0 Å². The SMILES string of the molecule is CC(CO)Sc1cc(N)cc([N+](=O)[O-])c1. The third-order valence-corrected chi connectivity index (χ3v) is 2.78. The van der Waals surface area contributed by atoms with E-state index in [0.717, 1.165) is 0 Å². The van der Waals surface area contributed by atoms with Gasteiger partial charge in [0.1, 0.15) is 0 Å². The van der Waals surface area contributed by atoms with Crippen molar-refractivity contribution in [3.05, 3.63) is 28.3 Å². The normalized spacial score (nSPS) is 12.4. The van der Waals surface area contributed by atoms with Crippen molar-refractivity contribution in [3.63, 3.8) is 0 Å². The maximum Gasteiger partial charge on any atom is 0.272 e. The molecule has 0 heterocycles. The smallest absolute Gasteiger partial charge is 0.272 e. The first-order valence-corrected chi connectivity index (χ1v) is 5.23. The van der Waals surface area contributed by atoms with Crippen molar-refractivity contribution in [1.82, 2.24) is 0 Å². The van der Waals surface area contributed by atoms with Crippen LogP contribution in [0.2, 0.25) is 0 Å². The average Bonchev–Trinajstić information content (AvgIpc) is 2.16. The number of hydrogen-bond donors (Lipinski definition) is 2. The number of anilines is 1. The van der Waals surface area contributed by atoms with Crippen LogP contribution in [-0.4, -0.2) is 21.9 Å². The van der Waals surface area contributed by atoms with Crippen LogP contribution in [-0.2, 0) is 0 Å². The molecule has 1 aromatic carbocycles. The molecule has 0 aliphatic heterocycles. The van der Waals surface area contributed by atoms with Gasteiger partial charge in [0.05, 0.1) is 11.5 Å². The Morgan fingerprint density at radius 2 is 2.27 bits per heavy atom. The van der Waals surface area contributed by atoms with Crippen LogP contribution in [0.5, 0.6) is 0 Å². The lowest BCUT2D eigenvalue weighted by molar-refractivity contribution is -0.385. The Morgan fingerprint density at radius 1 is 1.60 bits per heavy atom. The molecule has 15 heavy (non-hydrogen) atoms. The highest BCUT2D eigenvalue weighted by Crippen LogP contribution is 2.29. The molecule has 3 N–H and O–H groups in total. The number of thioether (sulfide) groups is 1. The fraction of sp³-hybridized carbons (Fsp3) is 0.333. The summed E-state index contributed by atoms with van der Waals surface area (Å²) < 4.78 is 0. The van der Waals surface area contributed by atoms with E-state index in [-0.39, 0.29) is 17.5 Å². The Kier molecular flexibility index (Phi) is 3.93. The van der Waals surface area contributed by atoms with E-state index in [1.165, 1.54) is 23.9 Å². The molecule has 1 atom stereocenters. The highest BCUT2D eigenvalue weighted by Gasteiger charge is 2.10. The number of nitrogens with two attached hydrogens (primary N) is 1. The van der Waals surface area contributed by atoms with Crippen molar-refractivity contribution in [3.8, 4) is 0 Å². The lowest BCUT2D eigenvalue weighted by atomic mass is 10.3. The summed E-state index contributed by atoms with van der Waals surface area (Å²) in [6, 6.07) is 4.42. The largest absolute Gasteiger partial charge is 0.398 e. The Labute approximate surface area is 91.4 Å². The number of hydrogen-bond acceptors (Lipinski definition) is 5. The van der Waals surface area contributed by atoms with E-state index < -0.39 is 4.92 Å². The lowest BCUT2D eigenvalue weighted by Crippen LogP contribution is -2.02. The predicted octanol–water partition coefficient (Wildman–Crippen LogP) is 1.65. The number of non-ortho nitro benzene ring substituents is 1. The molecule has 0 spiro atoms. The first-order chi connectivity index (χ1) is 7.02. The van der Waals surface area contributed by atoms with Gasteiger partial charge < -0.3 is 10.8 Å². The molecule has 1 rings (SSSR count). The molecule has 5 nitrogen and oxygen atoms in total. The van der Waals surface area contributed by atoms with Crippen LogP contribution in [0.4, 0.5) is 11.4 Å². The van der Waals surface area contributed by atoms with Gasteiger partial charge in [-0.15, -0.1) is 11.8 Å². The molecule has 0 aliphatic rings. The number of nitrogen functional groups attached to an aromatic ring is 1. The van der Waals surface area contributed by atoms with E-state index in [1.54, 1.807) is 6.07 Å². The molecule has 0 fully saturated rings. The van der Waals surface area contributed by atoms with Gasteiger partial charge in [0.25, 0.3) is 5.69 Å². The highest BCUT2D eigenvalue weighted by atomic mass is 32.2. The van der Waals surface area contributed by atoms with Crippen LogP contribution in [0.25, 0.3) is 0 Å². The fourth-order valence-corrected chi connectivity index (χ4v) is 1.98. The average molecular weight is 228 g/mol. The van der Waals surface area contributed by atoms with Gasteiger partial charge >= 0.3 is 0 Å². The zero-order valence-corrected chi connectivity index (χ0v) is 9.03. The molecule has 0 radical (unpaired) electrons. The van der Waals surface area contributed by atoms with E-state index in [2.05, 4.69) is 0 Å². The van der Waals surface area contributed by atoms with Crippen LogP contribution in [0, 0.1) is 10.1 Å². The number of nitro benzene ring substituents is 1. The Bertz CT molecular complexity index is 370. The van der Waals surface area contributed by atoms with Crippen LogP contribution < -0.4 is 5.73 Å². The Morgan fingerprint density at radius 3 is 2.80 bits per heavy atom. The second-order valence-electron chi connectivity index (χ2n) is 3.13. The minimum Gasteiger partial charge on any atom is -0.398 e. The summed E-state index contributed by atoms with van der Waals surface area (Å²) in [5, 5.41) is 19.4. The van der Waals surface area contributed by atoms with Crippen molar-refractivity contribution >= 4 is 23.1 Å². The quantitative estimate of drug-likeness (QED) is 0.354. The number of aliphatic hydroxyl groups excluding tert-OH is 1. The standard InChI is InChI=1S/C9H12N2O3S/c1-6(5-12)15-9-3-7(10)2-8(4-9)11(13)14/h2-4,6,12H,5,10H2,1H3. The lowest BCUT2D eigenvalue weighted by Gasteiger charge is -2.07. The van der Waals surface area contributed by atoms with E-state index in [9.17, 15) is 10.1 Å². The summed E-state index contributed by atoms with van der Waals surface area (Å²) in [6.45, 7) is 1.85. The van der Waals surface area contributed by atoms with E-state index >= 15 is 0 Å². The van der Waals surface area contributed by atoms with Gasteiger partial charge in [-0.05, 0) is 6.07 Å². The summed E-state index contributed by atoms with van der Waals surface area (Å²) in [5.41, 5.74) is 5.87. The molecule has 1 unspecified atom stereocenters. The second kappa shape index (κ2) is 4.99. The van der Waals surface area contributed by atoms with Gasteiger partial charge in [-0.2, -0.15) is 0 Å². The summed E-state index contributed by atoms with van der Waals surface area (Å²) in [7, 11) is 0. The molecule has 82 valence electrons. The van der Waals surface area contributed by atoms with Crippen molar-refractivity contribution in [1.29, 1.82) is 0 Å². The highest BCUT2D eigenvalue weighted by molar-refractivity contribution is 8.00. The molecule has 1 aromatic rings. The van der Waals surface area contributed by atoms with Crippen LogP contribution in [0.15, 0.2) is 23.1 Å². The molecule has 0 aliphatic carbocycles. The number of nitrogens with zero attached hydrogens (tertiary/aromatic N) is 1. The molecule has 0 amide bonds. The van der Waals surface area contributed by atoms with Crippen molar-refractivity contribution in [2.45, 2.75) is 17.1 Å². The summed E-state index contributed by atoms with van der Waals surface area (Å²) in [6.07, 6.45) is 0. The van der Waals surface area contributed by atoms with Gasteiger partial charge in [-0.3, -0.25) is 10.1 Å². The van der Waals surface area contributed by atoms with Crippen molar-refractivity contribution < 1.29 is 10.0 Å². The number of benzene rings is 1. The zero-order chi connectivity index (χ0) is 11.4. The van der Waals surface area contributed by atoms with Gasteiger partial charge in [0, 0.05) is 28.0 Å². The molecule has 0 bridgehead atoms. The first-order valence-electron chi connectivity index (χ1n) is 4.35. The molecule has 0 saturated carbocycles. The van der Waals surface area contributed by atoms with Crippen LogP contribution >= 0.6 is 11.8 Å². The van der Waals surface area contributed by atoms with Crippen molar-refractivity contribution in [2.24, 2.45) is 0 Å². The Balaban J connectivity index is 2.93. The number of nitro groups is 1. The first kappa shape index (κ1) is 11.8. The van der Waals surface area contributed by atoms with E-state index in [0.29, 0.717) is 10.6 Å². The maximum absolute atomic E-state index is 10.6. The minimum atomic E-state index is -0.482. The number of aliphatic hydroxyl groups is 1. The summed E-state index contributed by atoms with van der Waals surface area (Å²) in [5.74, 6) is 0. The van der Waals surface area contributed by atoms with Crippen molar-refractivity contribution in [2.75, 3.05) is 12.3 Å². The summed E-state index contributed by atoms with van der Waals surface area (Å²) >= 11 is 1.35. The predicted molar refractivity (Wildman–Crippen MR) is 59.9 cm³/mol. The third-order valence-electron chi connectivity index (χ3n) is 1.72. The van der Waals surface area contributed by atoms with Gasteiger partial charge in [-0.1, -0.05) is 6.92 Å². The zero-order valence-electron chi connectivity index (χ0n) is 8.21. The van der Waals surface area contributed by atoms with Gasteiger partial charge in [0.15, 0.2) is 0 Å². The van der Waals surface area contributed by atoms with E-state index in [4.69, 9.17) is 10.8 Å². The molecule has 0 saturated heterocycles. The molecular formula is C9H12N2O3S. The van der Waals surface area contributed by atoms with Crippen LogP contribution in [0.3, 0.4) is 0 Å². The third kappa shape index (κ3) is 3.41. The van der Waals surface area contributed by atoms with Gasteiger partial charge in [-0.25, -0.2) is 0 Å². The second-order valence-corrected chi connectivity index (χ2v) is 4.64. The fourth-order valence-electron chi connectivity index (χ4n) is 1.05. The number of rotatable bonds is 4. The topological polar surface area (TPSA) is 89.4 Å². The summed E-state index contributed by atoms with van der Waals surface area (Å²) in [4.78, 5) is 10.8. The monoisotopic (exact) mass is 228 g/mol. The maximum atomic E-state index is 10.6. The Hall–Kier alpha value is -1.27. The van der Waals surface area contributed by atoms with E-state index in [1.807, 2.05) is 6.92 Å². The molecule has 0 aromatic heterocycles. The van der Waals surface area contributed by atoms with Crippen LogP contribution in [0.1, 0.15) is 6.92 Å².